The molecule has 0 radical (unpaired) electrons. The molecule has 0 aliphatic carbocycles. The average Bonchev–Trinajstić information content (AvgIpc) is 2.67. The number of guanidine groups is 1. The van der Waals surface area contributed by atoms with Gasteiger partial charge in [0.25, 0.3) is 0 Å². The summed E-state index contributed by atoms with van der Waals surface area (Å²) in [7, 11) is -3.14. The minimum Gasteiger partial charge on any atom is -0.480 e. The minimum absolute atomic E-state index is 0.0695. The zero-order valence-corrected chi connectivity index (χ0v) is 14.6. The Labute approximate surface area is 161 Å². The molecular formula is C17H17B2N3O6. The molecule has 5 N–H and O–H groups in total. The van der Waals surface area contributed by atoms with Gasteiger partial charge in [0, 0.05) is 12.4 Å². The second-order valence-electron chi connectivity index (χ2n) is 5.61. The summed E-state index contributed by atoms with van der Waals surface area (Å²) in [5, 5.41) is 45.1. The van der Waals surface area contributed by atoms with Gasteiger partial charge in [-0.1, -0.05) is 48.5 Å². The normalized spacial score (nSPS) is 11.0. The summed E-state index contributed by atoms with van der Waals surface area (Å²) in [6, 6.07) is 12.5. The Morgan fingerprint density at radius 3 is 1.50 bits per heavy atom. The van der Waals surface area contributed by atoms with Crippen LogP contribution in [0.4, 0.5) is 0 Å². The molecule has 9 nitrogen and oxygen atoms in total. The van der Waals surface area contributed by atoms with Gasteiger partial charge in [-0.3, -0.25) is 4.79 Å². The maximum absolute atomic E-state index is 10.7. The molecule has 0 saturated carbocycles. The van der Waals surface area contributed by atoms with E-state index in [9.17, 15) is 4.79 Å². The molecule has 28 heavy (non-hydrogen) atoms. The quantitative estimate of drug-likeness (QED) is 0.222. The van der Waals surface area contributed by atoms with E-state index in [1.54, 1.807) is 24.3 Å². The van der Waals surface area contributed by atoms with Gasteiger partial charge in [0.1, 0.15) is 6.54 Å². The van der Waals surface area contributed by atoms with Crippen LogP contribution in [-0.4, -0.2) is 70.3 Å². The van der Waals surface area contributed by atoms with Crippen molar-refractivity contribution in [2.75, 3.05) is 6.54 Å². The van der Waals surface area contributed by atoms with E-state index in [4.69, 9.17) is 25.2 Å². The zero-order valence-electron chi connectivity index (χ0n) is 14.6. The van der Waals surface area contributed by atoms with E-state index in [1.807, 2.05) is 0 Å². The molecule has 0 fully saturated rings. The second-order valence-corrected chi connectivity index (χ2v) is 5.61. The van der Waals surface area contributed by atoms with Crippen LogP contribution in [0.25, 0.3) is 0 Å². The zero-order chi connectivity index (χ0) is 20.5. The molecule has 2 aromatic carbocycles. The predicted molar refractivity (Wildman–Crippen MR) is 108 cm³/mol. The monoisotopic (exact) mass is 381 g/mol. The maximum atomic E-state index is 10.7. The Hall–Kier alpha value is -3.11. The Balaban J connectivity index is 2.17. The molecule has 0 aromatic heterocycles. The Bertz CT molecular complexity index is 817. The van der Waals surface area contributed by atoms with E-state index in [2.05, 4.69) is 15.0 Å². The lowest BCUT2D eigenvalue weighted by atomic mass is 9.80. The van der Waals surface area contributed by atoms with Crippen molar-refractivity contribution in [1.29, 1.82) is 0 Å². The van der Waals surface area contributed by atoms with Gasteiger partial charge in [0.05, 0.1) is 0 Å². The molecule has 0 saturated heterocycles. The minimum atomic E-state index is -1.57. The Morgan fingerprint density at radius 2 is 1.18 bits per heavy atom. The SMILES string of the molecule is O=C(O)CN=C(/N=C/c1ccc(B(O)O)cc1)/N=C/c1ccc(B(O)O)cc1. The highest BCUT2D eigenvalue weighted by molar-refractivity contribution is 6.58. The summed E-state index contributed by atoms with van der Waals surface area (Å²) in [5.41, 5.74) is 1.91. The largest absolute Gasteiger partial charge is 0.488 e. The molecule has 0 atom stereocenters. The van der Waals surface area contributed by atoms with Gasteiger partial charge in [0.15, 0.2) is 0 Å². The lowest BCUT2D eigenvalue weighted by Crippen LogP contribution is -2.29. The third-order valence-electron chi connectivity index (χ3n) is 3.48. The number of hydrogen-bond acceptors (Lipinski definition) is 6. The fourth-order valence-corrected chi connectivity index (χ4v) is 2.03. The first-order chi connectivity index (χ1) is 13.3. The van der Waals surface area contributed by atoms with Gasteiger partial charge in [-0.15, -0.1) is 0 Å². The Morgan fingerprint density at radius 1 is 0.786 bits per heavy atom. The topological polar surface area (TPSA) is 155 Å². The number of nitrogens with zero attached hydrogens (tertiary/aromatic N) is 3. The lowest BCUT2D eigenvalue weighted by Gasteiger charge is -2.00. The van der Waals surface area contributed by atoms with Crippen molar-refractivity contribution < 1.29 is 30.0 Å². The van der Waals surface area contributed by atoms with Crippen molar-refractivity contribution in [2.45, 2.75) is 0 Å². The van der Waals surface area contributed by atoms with Crippen LogP contribution in [0.5, 0.6) is 0 Å². The van der Waals surface area contributed by atoms with Crippen LogP contribution >= 0.6 is 0 Å². The molecule has 0 bridgehead atoms. The summed E-state index contributed by atoms with van der Waals surface area (Å²) in [5.74, 6) is -1.20. The number of carboxylic acid groups (broad SMARTS) is 1. The van der Waals surface area contributed by atoms with Crippen LogP contribution in [-0.2, 0) is 4.79 Å². The number of carbonyl (C=O) groups is 1. The van der Waals surface area contributed by atoms with E-state index in [0.717, 1.165) is 0 Å². The van der Waals surface area contributed by atoms with Crippen LogP contribution in [0.3, 0.4) is 0 Å². The summed E-state index contributed by atoms with van der Waals surface area (Å²) in [6.07, 6.45) is 2.83. The van der Waals surface area contributed by atoms with Gasteiger partial charge < -0.3 is 25.2 Å². The van der Waals surface area contributed by atoms with Gasteiger partial charge in [-0.05, 0) is 22.1 Å². The third-order valence-corrected chi connectivity index (χ3v) is 3.48. The van der Waals surface area contributed by atoms with Crippen molar-refractivity contribution in [1.82, 2.24) is 0 Å². The van der Waals surface area contributed by atoms with Crippen LogP contribution in [0, 0.1) is 0 Å². The van der Waals surface area contributed by atoms with E-state index in [1.165, 1.54) is 36.7 Å². The number of aliphatic imine (C=N–C) groups is 3. The average molecular weight is 381 g/mol. The first-order valence-electron chi connectivity index (χ1n) is 8.11. The first-order valence-corrected chi connectivity index (χ1v) is 8.11. The highest BCUT2D eigenvalue weighted by atomic mass is 16.4. The standard InChI is InChI=1S/C17H17B2N3O6/c23-16(24)11-22-17(20-9-12-1-5-14(6-2-12)18(25)26)21-10-13-3-7-15(8-4-13)19(27)28/h1-10,25-28H,11H2,(H,23,24)/b20-9+,21-10+. The van der Waals surface area contributed by atoms with Crippen LogP contribution in [0.15, 0.2) is 63.5 Å². The van der Waals surface area contributed by atoms with Gasteiger partial charge >= 0.3 is 20.2 Å². The molecule has 0 aliphatic rings. The summed E-state index contributed by atoms with van der Waals surface area (Å²) in [4.78, 5) is 22.7. The molecule has 0 spiro atoms. The smallest absolute Gasteiger partial charge is 0.480 e. The molecule has 0 unspecified atom stereocenters. The number of rotatable bonds is 6. The van der Waals surface area contributed by atoms with Gasteiger partial charge in [0.2, 0.25) is 5.96 Å². The predicted octanol–water partition coefficient (Wildman–Crippen LogP) is -1.98. The van der Waals surface area contributed by atoms with Crippen molar-refractivity contribution in [3.05, 3.63) is 59.7 Å². The number of hydrogen-bond donors (Lipinski definition) is 5. The third kappa shape index (κ3) is 6.89. The lowest BCUT2D eigenvalue weighted by molar-refractivity contribution is -0.135. The summed E-state index contributed by atoms with van der Waals surface area (Å²) >= 11 is 0. The van der Waals surface area contributed by atoms with Crippen molar-refractivity contribution in [3.8, 4) is 0 Å². The molecule has 0 heterocycles. The fraction of sp³-hybridized carbons (Fsp3) is 0.0588. The number of carboxylic acids is 1. The molecule has 2 aromatic rings. The highest BCUT2D eigenvalue weighted by Gasteiger charge is 2.10. The Kier molecular flexibility index (Phi) is 7.78. The van der Waals surface area contributed by atoms with Crippen LogP contribution in [0.2, 0.25) is 0 Å². The number of aliphatic carboxylic acids is 1. The molecular weight excluding hydrogens is 364 g/mol. The van der Waals surface area contributed by atoms with Crippen molar-refractivity contribution in [3.63, 3.8) is 0 Å². The van der Waals surface area contributed by atoms with E-state index < -0.39 is 26.8 Å². The van der Waals surface area contributed by atoms with E-state index in [-0.39, 0.29) is 5.96 Å². The van der Waals surface area contributed by atoms with Crippen LogP contribution < -0.4 is 10.9 Å². The van der Waals surface area contributed by atoms with E-state index in [0.29, 0.717) is 22.1 Å². The molecule has 0 amide bonds. The number of benzene rings is 2. The highest BCUT2D eigenvalue weighted by Crippen LogP contribution is 1.98. The van der Waals surface area contributed by atoms with Gasteiger partial charge in [-0.25, -0.2) is 15.0 Å². The first kappa shape index (κ1) is 21.2. The summed E-state index contributed by atoms with van der Waals surface area (Å²) < 4.78 is 0. The molecule has 11 heteroatoms. The second kappa shape index (κ2) is 10.3. The van der Waals surface area contributed by atoms with Crippen LogP contribution in [0.1, 0.15) is 11.1 Å². The van der Waals surface area contributed by atoms with Crippen molar-refractivity contribution in [2.24, 2.45) is 15.0 Å². The molecule has 2 rings (SSSR count). The maximum Gasteiger partial charge on any atom is 0.488 e. The van der Waals surface area contributed by atoms with Gasteiger partial charge in [-0.2, -0.15) is 0 Å². The van der Waals surface area contributed by atoms with Crippen molar-refractivity contribution >= 4 is 49.5 Å². The summed E-state index contributed by atoms with van der Waals surface area (Å²) in [6.45, 7) is -0.505. The fourth-order valence-electron chi connectivity index (χ4n) is 2.03. The molecule has 0 aliphatic heterocycles. The molecule has 142 valence electrons. The van der Waals surface area contributed by atoms with E-state index >= 15 is 0 Å².